The maximum Gasteiger partial charge on any atom is 0.243 e. The Morgan fingerprint density at radius 1 is 1.22 bits per heavy atom. The van der Waals surface area contributed by atoms with Crippen LogP contribution in [0.3, 0.4) is 0 Å². The molecule has 2 fully saturated rings. The van der Waals surface area contributed by atoms with Crippen molar-refractivity contribution in [3.05, 3.63) is 0 Å². The van der Waals surface area contributed by atoms with Crippen LogP contribution in [0, 0.1) is 5.92 Å². The lowest BCUT2D eigenvalue weighted by Gasteiger charge is -2.30. The van der Waals surface area contributed by atoms with E-state index in [9.17, 15) is 4.79 Å². The molecule has 0 spiro atoms. The number of ether oxygens (including phenoxy) is 1. The third kappa shape index (κ3) is 9.94. The van der Waals surface area contributed by atoms with E-state index in [-0.39, 0.29) is 42.5 Å². The number of nitrogens with zero attached hydrogens (tertiary/aromatic N) is 3. The first-order valence-electron chi connectivity index (χ1n) is 10.1. The third-order valence-corrected chi connectivity index (χ3v) is 5.21. The standard InChI is InChI=1S/C19H37N5O2.HI/c1-16-7-11-24(12-8-16)10-5-9-20-19(22-15-18(25)23(2)3)21-14-17-6-4-13-26-17;/h16-17H,4-15H2,1-3H3,(H2,20,21,22);1H. The molecule has 0 bridgehead atoms. The highest BCUT2D eigenvalue weighted by Crippen LogP contribution is 2.15. The molecule has 158 valence electrons. The fourth-order valence-corrected chi connectivity index (χ4v) is 3.27. The van der Waals surface area contributed by atoms with E-state index in [1.807, 2.05) is 0 Å². The molecule has 1 unspecified atom stereocenters. The molecule has 7 nitrogen and oxygen atoms in total. The summed E-state index contributed by atoms with van der Waals surface area (Å²) >= 11 is 0. The minimum Gasteiger partial charge on any atom is -0.376 e. The molecular weight excluding hydrogens is 457 g/mol. The van der Waals surface area contributed by atoms with Crippen LogP contribution in [0.2, 0.25) is 0 Å². The van der Waals surface area contributed by atoms with Crippen LogP contribution in [-0.4, -0.2) is 87.7 Å². The van der Waals surface area contributed by atoms with Gasteiger partial charge in [-0.3, -0.25) is 4.79 Å². The summed E-state index contributed by atoms with van der Waals surface area (Å²) < 4.78 is 5.65. The van der Waals surface area contributed by atoms with E-state index < -0.39 is 0 Å². The predicted octanol–water partition coefficient (Wildman–Crippen LogP) is 1.53. The number of carbonyl (C=O) groups excluding carboxylic acids is 1. The smallest absolute Gasteiger partial charge is 0.243 e. The summed E-state index contributed by atoms with van der Waals surface area (Å²) in [7, 11) is 3.51. The molecule has 0 aromatic heterocycles. The Morgan fingerprint density at radius 3 is 2.59 bits per heavy atom. The summed E-state index contributed by atoms with van der Waals surface area (Å²) in [5.74, 6) is 1.59. The quantitative estimate of drug-likeness (QED) is 0.232. The number of likely N-dealkylation sites (tertiary alicyclic amines) is 1. The van der Waals surface area contributed by atoms with Gasteiger partial charge >= 0.3 is 0 Å². The van der Waals surface area contributed by atoms with Gasteiger partial charge < -0.3 is 25.2 Å². The number of likely N-dealkylation sites (N-methyl/N-ethyl adjacent to an activating group) is 1. The van der Waals surface area contributed by atoms with Crippen LogP contribution in [0.1, 0.15) is 39.0 Å². The van der Waals surface area contributed by atoms with Crippen molar-refractivity contribution in [1.82, 2.24) is 20.4 Å². The molecule has 0 aliphatic carbocycles. The fourth-order valence-electron chi connectivity index (χ4n) is 3.27. The van der Waals surface area contributed by atoms with Crippen molar-refractivity contribution >= 4 is 35.8 Å². The van der Waals surface area contributed by atoms with Crippen LogP contribution < -0.4 is 10.6 Å². The zero-order valence-electron chi connectivity index (χ0n) is 17.2. The minimum atomic E-state index is 0. The number of carbonyl (C=O) groups is 1. The predicted molar refractivity (Wildman–Crippen MR) is 121 cm³/mol. The van der Waals surface area contributed by atoms with E-state index >= 15 is 0 Å². The summed E-state index contributed by atoms with van der Waals surface area (Å²) in [5, 5.41) is 6.70. The average molecular weight is 495 g/mol. The van der Waals surface area contributed by atoms with Crippen LogP contribution in [0.5, 0.6) is 0 Å². The number of piperidine rings is 1. The van der Waals surface area contributed by atoms with E-state index in [4.69, 9.17) is 4.74 Å². The Labute approximate surface area is 181 Å². The van der Waals surface area contributed by atoms with Crippen molar-refractivity contribution in [3.63, 3.8) is 0 Å². The molecule has 2 heterocycles. The van der Waals surface area contributed by atoms with Gasteiger partial charge in [-0.1, -0.05) is 6.92 Å². The molecule has 2 aliphatic heterocycles. The van der Waals surface area contributed by atoms with Crippen LogP contribution in [-0.2, 0) is 9.53 Å². The fraction of sp³-hybridized carbons (Fsp3) is 0.895. The number of hydrogen-bond acceptors (Lipinski definition) is 4. The van der Waals surface area contributed by atoms with Crippen molar-refractivity contribution < 1.29 is 9.53 Å². The normalized spacial score (nSPS) is 21.6. The highest BCUT2D eigenvalue weighted by molar-refractivity contribution is 14.0. The number of aliphatic imine (C=N–C) groups is 1. The van der Waals surface area contributed by atoms with Gasteiger partial charge in [-0.15, -0.1) is 24.0 Å². The molecule has 2 rings (SSSR count). The van der Waals surface area contributed by atoms with Crippen molar-refractivity contribution in [2.24, 2.45) is 10.9 Å². The third-order valence-electron chi connectivity index (χ3n) is 5.21. The largest absolute Gasteiger partial charge is 0.376 e. The second kappa shape index (κ2) is 13.5. The molecule has 0 saturated carbocycles. The zero-order chi connectivity index (χ0) is 18.8. The number of amides is 1. The Kier molecular flexibility index (Phi) is 12.3. The van der Waals surface area contributed by atoms with E-state index in [1.54, 1.807) is 19.0 Å². The molecule has 2 N–H and O–H groups in total. The Balaban J connectivity index is 0.00000364. The number of guanidine groups is 1. The molecule has 0 aromatic rings. The molecule has 2 saturated heterocycles. The Morgan fingerprint density at radius 2 is 1.96 bits per heavy atom. The van der Waals surface area contributed by atoms with E-state index in [0.717, 1.165) is 51.4 Å². The van der Waals surface area contributed by atoms with Gasteiger partial charge in [0, 0.05) is 33.8 Å². The summed E-state index contributed by atoms with van der Waals surface area (Å²) in [6.45, 7) is 8.52. The van der Waals surface area contributed by atoms with Crippen molar-refractivity contribution in [2.75, 3.05) is 60.0 Å². The first kappa shape index (κ1) is 24.4. The molecule has 0 aromatic carbocycles. The highest BCUT2D eigenvalue weighted by atomic mass is 127. The molecule has 0 radical (unpaired) electrons. The minimum absolute atomic E-state index is 0. The van der Waals surface area contributed by atoms with Crippen molar-refractivity contribution in [2.45, 2.75) is 45.1 Å². The lowest BCUT2D eigenvalue weighted by molar-refractivity contribution is -0.127. The highest BCUT2D eigenvalue weighted by Gasteiger charge is 2.17. The Bertz CT molecular complexity index is 447. The van der Waals surface area contributed by atoms with Crippen LogP contribution in [0.4, 0.5) is 0 Å². The summed E-state index contributed by atoms with van der Waals surface area (Å²) in [5.41, 5.74) is 0. The summed E-state index contributed by atoms with van der Waals surface area (Å²) in [6, 6.07) is 0. The van der Waals surface area contributed by atoms with Gasteiger partial charge in [0.1, 0.15) is 6.54 Å². The number of hydrogen-bond donors (Lipinski definition) is 2. The maximum absolute atomic E-state index is 11.8. The maximum atomic E-state index is 11.8. The Hall–Kier alpha value is -0.610. The average Bonchev–Trinajstić information content (AvgIpc) is 3.15. The zero-order valence-corrected chi connectivity index (χ0v) is 19.5. The van der Waals surface area contributed by atoms with E-state index in [2.05, 4.69) is 27.4 Å². The van der Waals surface area contributed by atoms with E-state index in [0.29, 0.717) is 5.96 Å². The SMILES string of the molecule is CC1CCN(CCCNC(=NCC(=O)N(C)C)NCC2CCCO2)CC1.I. The topological polar surface area (TPSA) is 69.2 Å². The summed E-state index contributed by atoms with van der Waals surface area (Å²) in [4.78, 5) is 20.4. The monoisotopic (exact) mass is 495 g/mol. The van der Waals surface area contributed by atoms with Crippen molar-refractivity contribution in [1.29, 1.82) is 0 Å². The molecule has 2 aliphatic rings. The van der Waals surface area contributed by atoms with Gasteiger partial charge in [0.25, 0.3) is 0 Å². The van der Waals surface area contributed by atoms with Crippen LogP contribution in [0.15, 0.2) is 4.99 Å². The van der Waals surface area contributed by atoms with Gasteiger partial charge in [0.05, 0.1) is 6.10 Å². The van der Waals surface area contributed by atoms with Gasteiger partial charge in [0.2, 0.25) is 5.91 Å². The second-order valence-electron chi connectivity index (χ2n) is 7.77. The number of rotatable bonds is 8. The molecule has 8 heteroatoms. The lowest BCUT2D eigenvalue weighted by Crippen LogP contribution is -2.43. The molecular formula is C19H38IN5O2. The van der Waals surface area contributed by atoms with Gasteiger partial charge in [-0.25, -0.2) is 4.99 Å². The number of halogens is 1. The first-order chi connectivity index (χ1) is 12.5. The lowest BCUT2D eigenvalue weighted by atomic mass is 9.99. The van der Waals surface area contributed by atoms with Gasteiger partial charge in [0.15, 0.2) is 5.96 Å². The van der Waals surface area contributed by atoms with Crippen molar-refractivity contribution in [3.8, 4) is 0 Å². The van der Waals surface area contributed by atoms with Crippen LogP contribution >= 0.6 is 24.0 Å². The molecule has 27 heavy (non-hydrogen) atoms. The summed E-state index contributed by atoms with van der Waals surface area (Å²) in [6.07, 6.45) is 6.17. The second-order valence-corrected chi connectivity index (χ2v) is 7.77. The number of nitrogens with one attached hydrogen (secondary N) is 2. The van der Waals surface area contributed by atoms with Gasteiger partial charge in [-0.2, -0.15) is 0 Å². The molecule has 1 atom stereocenters. The molecule has 1 amide bonds. The van der Waals surface area contributed by atoms with Gasteiger partial charge in [-0.05, 0) is 57.7 Å². The van der Waals surface area contributed by atoms with E-state index in [1.165, 1.54) is 25.9 Å². The van der Waals surface area contributed by atoms with Crippen LogP contribution in [0.25, 0.3) is 0 Å². The first-order valence-corrected chi connectivity index (χ1v) is 10.1.